The summed E-state index contributed by atoms with van der Waals surface area (Å²) in [4.78, 5) is 16.6. The number of imidazole rings is 1. The molecule has 1 saturated heterocycles. The van der Waals surface area contributed by atoms with Crippen LogP contribution in [0.1, 0.15) is 36.5 Å². The lowest BCUT2D eigenvalue weighted by molar-refractivity contribution is 0.313. The van der Waals surface area contributed by atoms with Gasteiger partial charge in [-0.1, -0.05) is 12.1 Å². The molecule has 3 aromatic heterocycles. The minimum Gasteiger partial charge on any atom is -0.331 e. The number of para-hydroxylation sites is 2. The second kappa shape index (κ2) is 8.16. The molecule has 0 saturated carbocycles. The van der Waals surface area contributed by atoms with Crippen molar-refractivity contribution in [3.63, 3.8) is 0 Å². The van der Waals surface area contributed by atoms with E-state index in [2.05, 4.69) is 70.0 Å². The van der Waals surface area contributed by atoms with Gasteiger partial charge in [-0.3, -0.25) is 9.88 Å². The number of benzene rings is 1. The van der Waals surface area contributed by atoms with Gasteiger partial charge in [-0.25, -0.2) is 9.97 Å². The van der Waals surface area contributed by atoms with Gasteiger partial charge < -0.3 is 9.88 Å². The normalized spacial score (nSPS) is 17.1. The number of aromatic nitrogens is 4. The molecule has 154 valence electrons. The number of aryl methyl sites for hydroxylation is 2. The second-order valence-electron chi connectivity index (χ2n) is 7.87. The van der Waals surface area contributed by atoms with Gasteiger partial charge >= 0.3 is 0 Å². The van der Waals surface area contributed by atoms with Gasteiger partial charge in [-0.05, 0) is 51.1 Å². The van der Waals surface area contributed by atoms with E-state index < -0.39 is 0 Å². The summed E-state index contributed by atoms with van der Waals surface area (Å²) in [5.41, 5.74) is 5.59. The van der Waals surface area contributed by atoms with Gasteiger partial charge in [0.05, 0.1) is 17.6 Å². The molecule has 0 bridgehead atoms. The highest BCUT2D eigenvalue weighted by Crippen LogP contribution is 2.30. The highest BCUT2D eigenvalue weighted by Gasteiger charge is 2.26. The Balaban J connectivity index is 1.32. The van der Waals surface area contributed by atoms with E-state index in [0.717, 1.165) is 60.5 Å². The summed E-state index contributed by atoms with van der Waals surface area (Å²) in [5, 5.41) is 6.31. The minimum absolute atomic E-state index is 0.446. The van der Waals surface area contributed by atoms with Crippen LogP contribution in [0.15, 0.2) is 48.0 Å². The number of nitrogens with one attached hydrogen (secondary N) is 1. The average Bonchev–Trinajstić information content (AvgIpc) is 3.47. The molecule has 1 aliphatic rings. The van der Waals surface area contributed by atoms with Crippen molar-refractivity contribution in [3.8, 4) is 0 Å². The predicted octanol–water partition coefficient (Wildman–Crippen LogP) is 4.95. The highest BCUT2D eigenvalue weighted by atomic mass is 32.1. The van der Waals surface area contributed by atoms with Gasteiger partial charge in [-0.2, -0.15) is 0 Å². The van der Waals surface area contributed by atoms with E-state index in [-0.39, 0.29) is 0 Å². The molecule has 0 unspecified atom stereocenters. The SMILES string of the molecule is CCn1c(CN2CC[C@H](c3cc(Nc4nccs4)cc(C)n3)C2)nc2ccccc21. The van der Waals surface area contributed by atoms with E-state index in [9.17, 15) is 0 Å². The molecular weight excluding hydrogens is 392 g/mol. The first kappa shape index (κ1) is 19.2. The van der Waals surface area contributed by atoms with Crippen molar-refractivity contribution in [1.29, 1.82) is 0 Å². The Morgan fingerprint density at radius 2 is 2.10 bits per heavy atom. The van der Waals surface area contributed by atoms with Crippen LogP contribution in [0.25, 0.3) is 11.0 Å². The van der Waals surface area contributed by atoms with Crippen LogP contribution < -0.4 is 5.32 Å². The average molecular weight is 419 g/mol. The van der Waals surface area contributed by atoms with E-state index in [0.29, 0.717) is 5.92 Å². The Kier molecular flexibility index (Phi) is 5.23. The van der Waals surface area contributed by atoms with Crippen LogP contribution in [0, 0.1) is 6.92 Å². The molecule has 1 aromatic carbocycles. The number of fused-ring (bicyclic) bond motifs is 1. The van der Waals surface area contributed by atoms with Crippen LogP contribution >= 0.6 is 11.3 Å². The largest absolute Gasteiger partial charge is 0.331 e. The van der Waals surface area contributed by atoms with E-state index in [1.807, 2.05) is 11.6 Å². The van der Waals surface area contributed by atoms with Crippen molar-refractivity contribution in [1.82, 2.24) is 24.4 Å². The van der Waals surface area contributed by atoms with E-state index in [4.69, 9.17) is 9.97 Å². The van der Waals surface area contributed by atoms with Gasteiger partial charge in [-0.15, -0.1) is 11.3 Å². The first-order valence-electron chi connectivity index (χ1n) is 10.5. The molecule has 0 spiro atoms. The van der Waals surface area contributed by atoms with Gasteiger partial charge in [0.2, 0.25) is 0 Å². The molecule has 0 amide bonds. The number of thiazole rings is 1. The van der Waals surface area contributed by atoms with Crippen LogP contribution in [0.3, 0.4) is 0 Å². The molecule has 7 heteroatoms. The van der Waals surface area contributed by atoms with Crippen LogP contribution in [0.5, 0.6) is 0 Å². The quantitative estimate of drug-likeness (QED) is 0.480. The molecule has 5 rings (SSSR count). The second-order valence-corrected chi connectivity index (χ2v) is 8.76. The molecule has 4 aromatic rings. The fourth-order valence-electron chi connectivity index (χ4n) is 4.40. The van der Waals surface area contributed by atoms with Gasteiger partial charge in [0.25, 0.3) is 0 Å². The fourth-order valence-corrected chi connectivity index (χ4v) is 4.95. The maximum atomic E-state index is 4.90. The fraction of sp³-hybridized carbons (Fsp3) is 0.348. The Hall–Kier alpha value is -2.77. The first-order valence-corrected chi connectivity index (χ1v) is 11.4. The van der Waals surface area contributed by atoms with Crippen molar-refractivity contribution in [2.45, 2.75) is 39.3 Å². The number of likely N-dealkylation sites (tertiary alicyclic amines) is 1. The Morgan fingerprint density at radius 1 is 1.20 bits per heavy atom. The molecule has 0 radical (unpaired) electrons. The zero-order valence-electron chi connectivity index (χ0n) is 17.4. The summed E-state index contributed by atoms with van der Waals surface area (Å²) < 4.78 is 2.34. The van der Waals surface area contributed by atoms with Crippen molar-refractivity contribution < 1.29 is 0 Å². The molecule has 4 heterocycles. The zero-order valence-corrected chi connectivity index (χ0v) is 18.2. The summed E-state index contributed by atoms with van der Waals surface area (Å²) in [6.45, 7) is 8.17. The standard InChI is InChI=1S/C23H26N6S/c1-3-29-21-7-5-4-6-19(21)27-22(29)15-28-10-8-17(14-28)20-13-18(12-16(2)25-20)26-23-24-9-11-30-23/h4-7,9,11-13,17H,3,8,10,14-15H2,1-2H3,(H,24,25,26)/t17-/m0/s1. The van der Waals surface area contributed by atoms with E-state index in [1.54, 1.807) is 11.3 Å². The van der Waals surface area contributed by atoms with Gasteiger partial charge in [0, 0.05) is 47.7 Å². The lowest BCUT2D eigenvalue weighted by Crippen LogP contribution is -2.22. The molecule has 6 nitrogen and oxygen atoms in total. The smallest absolute Gasteiger partial charge is 0.187 e. The van der Waals surface area contributed by atoms with Gasteiger partial charge in [0.15, 0.2) is 5.13 Å². The van der Waals surface area contributed by atoms with Crippen LogP contribution in [0.2, 0.25) is 0 Å². The summed E-state index contributed by atoms with van der Waals surface area (Å²) in [5.74, 6) is 1.60. The molecule has 1 fully saturated rings. The Labute approximate surface area is 180 Å². The third kappa shape index (κ3) is 3.82. The highest BCUT2D eigenvalue weighted by molar-refractivity contribution is 7.13. The number of nitrogens with zero attached hydrogens (tertiary/aromatic N) is 5. The topological polar surface area (TPSA) is 58.9 Å². The third-order valence-electron chi connectivity index (χ3n) is 5.76. The molecule has 30 heavy (non-hydrogen) atoms. The number of hydrogen-bond donors (Lipinski definition) is 1. The third-order valence-corrected chi connectivity index (χ3v) is 6.45. The molecule has 0 aliphatic carbocycles. The number of pyridine rings is 1. The lowest BCUT2D eigenvalue weighted by Gasteiger charge is -2.17. The summed E-state index contributed by atoms with van der Waals surface area (Å²) >= 11 is 1.61. The van der Waals surface area contributed by atoms with Gasteiger partial charge in [0.1, 0.15) is 5.82 Å². The maximum absolute atomic E-state index is 4.90. The molecule has 1 N–H and O–H groups in total. The molecular formula is C23H26N6S. The maximum Gasteiger partial charge on any atom is 0.187 e. The first-order chi connectivity index (χ1) is 14.7. The van der Waals surface area contributed by atoms with Crippen LogP contribution in [0.4, 0.5) is 10.8 Å². The zero-order chi connectivity index (χ0) is 20.5. The van der Waals surface area contributed by atoms with E-state index >= 15 is 0 Å². The Bertz CT molecular complexity index is 1150. The summed E-state index contributed by atoms with van der Waals surface area (Å²) in [7, 11) is 0. The predicted molar refractivity (Wildman–Crippen MR) is 122 cm³/mol. The van der Waals surface area contributed by atoms with E-state index in [1.165, 1.54) is 11.2 Å². The summed E-state index contributed by atoms with van der Waals surface area (Å²) in [6.07, 6.45) is 2.94. The minimum atomic E-state index is 0.446. The van der Waals surface area contributed by atoms with Crippen LogP contribution in [-0.4, -0.2) is 37.5 Å². The van der Waals surface area contributed by atoms with Crippen molar-refractivity contribution in [3.05, 3.63) is 65.2 Å². The molecule has 1 aliphatic heterocycles. The van der Waals surface area contributed by atoms with Crippen molar-refractivity contribution in [2.75, 3.05) is 18.4 Å². The number of anilines is 2. The Morgan fingerprint density at radius 3 is 2.93 bits per heavy atom. The lowest BCUT2D eigenvalue weighted by atomic mass is 10.0. The van der Waals surface area contributed by atoms with Crippen LogP contribution in [-0.2, 0) is 13.1 Å². The molecule has 1 atom stereocenters. The van der Waals surface area contributed by atoms with Crippen molar-refractivity contribution in [2.24, 2.45) is 0 Å². The monoisotopic (exact) mass is 418 g/mol. The number of rotatable bonds is 6. The summed E-state index contributed by atoms with van der Waals surface area (Å²) in [6, 6.07) is 12.7. The van der Waals surface area contributed by atoms with Crippen molar-refractivity contribution >= 4 is 33.2 Å². The number of hydrogen-bond acceptors (Lipinski definition) is 6.